The SMILES string of the molecule is CCCn1ncnc1CN1CCC(O)C1. The van der Waals surface area contributed by atoms with E-state index in [1.165, 1.54) is 0 Å². The minimum atomic E-state index is -0.160. The third-order valence-electron chi connectivity index (χ3n) is 2.74. The maximum atomic E-state index is 9.42. The molecule has 1 aromatic heterocycles. The van der Waals surface area contributed by atoms with Gasteiger partial charge in [-0.3, -0.25) is 4.90 Å². The van der Waals surface area contributed by atoms with Crippen LogP contribution >= 0.6 is 0 Å². The van der Waals surface area contributed by atoms with Gasteiger partial charge in [-0.1, -0.05) is 6.92 Å². The van der Waals surface area contributed by atoms with Crippen molar-refractivity contribution in [3.63, 3.8) is 0 Å². The molecule has 1 aliphatic heterocycles. The summed E-state index contributed by atoms with van der Waals surface area (Å²) in [4.78, 5) is 6.47. The molecule has 2 heterocycles. The Kier molecular flexibility index (Phi) is 3.33. The smallest absolute Gasteiger partial charge is 0.141 e. The number of nitrogens with zero attached hydrogens (tertiary/aromatic N) is 4. The first-order valence-electron chi connectivity index (χ1n) is 5.56. The molecule has 1 aliphatic rings. The lowest BCUT2D eigenvalue weighted by atomic mass is 10.3. The molecule has 1 unspecified atom stereocenters. The molecule has 0 aliphatic carbocycles. The van der Waals surface area contributed by atoms with Crippen LogP contribution in [0.3, 0.4) is 0 Å². The molecule has 84 valence electrons. The molecule has 1 fully saturated rings. The predicted molar refractivity (Wildman–Crippen MR) is 56.2 cm³/mol. The molecular formula is C10H18N4O. The van der Waals surface area contributed by atoms with Crippen LogP contribution in [0.5, 0.6) is 0 Å². The van der Waals surface area contributed by atoms with E-state index in [1.807, 2.05) is 4.68 Å². The van der Waals surface area contributed by atoms with Gasteiger partial charge >= 0.3 is 0 Å². The van der Waals surface area contributed by atoms with Crippen molar-refractivity contribution < 1.29 is 5.11 Å². The van der Waals surface area contributed by atoms with E-state index < -0.39 is 0 Å². The van der Waals surface area contributed by atoms with E-state index in [1.54, 1.807) is 6.33 Å². The average Bonchev–Trinajstić information content (AvgIpc) is 2.78. The average molecular weight is 210 g/mol. The molecule has 1 aromatic rings. The van der Waals surface area contributed by atoms with Crippen molar-refractivity contribution >= 4 is 0 Å². The minimum absolute atomic E-state index is 0.160. The molecular weight excluding hydrogens is 192 g/mol. The zero-order valence-corrected chi connectivity index (χ0v) is 9.13. The van der Waals surface area contributed by atoms with Crippen molar-refractivity contribution in [3.8, 4) is 0 Å². The number of likely N-dealkylation sites (tertiary alicyclic amines) is 1. The van der Waals surface area contributed by atoms with Crippen LogP contribution in [0.2, 0.25) is 0 Å². The summed E-state index contributed by atoms with van der Waals surface area (Å²) >= 11 is 0. The number of aromatic nitrogens is 3. The third kappa shape index (κ3) is 2.54. The van der Waals surface area contributed by atoms with Gasteiger partial charge in [-0.2, -0.15) is 5.10 Å². The minimum Gasteiger partial charge on any atom is -0.392 e. The van der Waals surface area contributed by atoms with Gasteiger partial charge < -0.3 is 5.11 Å². The summed E-state index contributed by atoms with van der Waals surface area (Å²) in [6, 6.07) is 0. The molecule has 0 radical (unpaired) electrons. The summed E-state index contributed by atoms with van der Waals surface area (Å²) < 4.78 is 1.95. The molecule has 0 spiro atoms. The Morgan fingerprint density at radius 3 is 3.13 bits per heavy atom. The highest BCUT2D eigenvalue weighted by atomic mass is 16.3. The highest BCUT2D eigenvalue weighted by molar-refractivity contribution is 4.87. The summed E-state index contributed by atoms with van der Waals surface area (Å²) in [5.41, 5.74) is 0. The van der Waals surface area contributed by atoms with E-state index in [2.05, 4.69) is 21.9 Å². The lowest BCUT2D eigenvalue weighted by Crippen LogP contribution is -2.24. The third-order valence-corrected chi connectivity index (χ3v) is 2.74. The molecule has 0 bridgehead atoms. The number of hydrogen-bond donors (Lipinski definition) is 1. The Labute approximate surface area is 89.7 Å². The fraction of sp³-hybridized carbons (Fsp3) is 0.800. The van der Waals surface area contributed by atoms with Crippen LogP contribution in [0.25, 0.3) is 0 Å². The highest BCUT2D eigenvalue weighted by Crippen LogP contribution is 2.11. The topological polar surface area (TPSA) is 54.2 Å². The standard InChI is InChI=1S/C10H18N4O/c1-2-4-14-10(11-8-12-14)7-13-5-3-9(15)6-13/h8-9,15H,2-7H2,1H3. The highest BCUT2D eigenvalue weighted by Gasteiger charge is 2.21. The Bertz CT molecular complexity index is 312. The van der Waals surface area contributed by atoms with E-state index in [9.17, 15) is 5.11 Å². The van der Waals surface area contributed by atoms with Gasteiger partial charge in [0.25, 0.3) is 0 Å². The fourth-order valence-electron chi connectivity index (χ4n) is 1.96. The van der Waals surface area contributed by atoms with Crippen LogP contribution in [0.15, 0.2) is 6.33 Å². The quantitative estimate of drug-likeness (QED) is 0.774. The molecule has 5 heteroatoms. The van der Waals surface area contributed by atoms with Crippen LogP contribution in [0.1, 0.15) is 25.6 Å². The van der Waals surface area contributed by atoms with E-state index in [-0.39, 0.29) is 6.10 Å². The normalized spacial score (nSPS) is 22.4. The molecule has 15 heavy (non-hydrogen) atoms. The monoisotopic (exact) mass is 210 g/mol. The Balaban J connectivity index is 1.95. The van der Waals surface area contributed by atoms with Crippen LogP contribution in [0.4, 0.5) is 0 Å². The first-order valence-corrected chi connectivity index (χ1v) is 5.56. The summed E-state index contributed by atoms with van der Waals surface area (Å²) in [5, 5.41) is 13.6. The van der Waals surface area contributed by atoms with Crippen LogP contribution in [-0.4, -0.2) is 44.0 Å². The van der Waals surface area contributed by atoms with Gasteiger partial charge in [0.15, 0.2) is 0 Å². The van der Waals surface area contributed by atoms with Gasteiger partial charge in [0, 0.05) is 19.6 Å². The lowest BCUT2D eigenvalue weighted by molar-refractivity contribution is 0.173. The number of rotatable bonds is 4. The van der Waals surface area contributed by atoms with Crippen molar-refractivity contribution in [3.05, 3.63) is 12.2 Å². The van der Waals surface area contributed by atoms with E-state index in [0.29, 0.717) is 0 Å². The van der Waals surface area contributed by atoms with Gasteiger partial charge in [0.1, 0.15) is 12.2 Å². The molecule has 1 N–H and O–H groups in total. The molecule has 0 amide bonds. The maximum Gasteiger partial charge on any atom is 0.141 e. The van der Waals surface area contributed by atoms with Gasteiger partial charge in [-0.05, 0) is 12.8 Å². The summed E-state index contributed by atoms with van der Waals surface area (Å²) in [6.45, 7) is 5.58. The Hall–Kier alpha value is -0.940. The van der Waals surface area contributed by atoms with E-state index in [0.717, 1.165) is 44.8 Å². The second kappa shape index (κ2) is 4.72. The van der Waals surface area contributed by atoms with E-state index in [4.69, 9.17) is 0 Å². The molecule has 1 saturated heterocycles. The predicted octanol–water partition coefficient (Wildman–Crippen LogP) is 0.255. The van der Waals surface area contributed by atoms with Crippen molar-refractivity contribution in [2.75, 3.05) is 13.1 Å². The summed E-state index contributed by atoms with van der Waals surface area (Å²) in [7, 11) is 0. The number of hydrogen-bond acceptors (Lipinski definition) is 4. The zero-order chi connectivity index (χ0) is 10.7. The number of β-amino-alcohol motifs (C(OH)–C–C–N with tert-alkyl or cyclic N) is 1. The second-order valence-corrected chi connectivity index (χ2v) is 4.08. The summed E-state index contributed by atoms with van der Waals surface area (Å²) in [6.07, 6.45) is 3.39. The van der Waals surface area contributed by atoms with Crippen molar-refractivity contribution in [1.82, 2.24) is 19.7 Å². The van der Waals surface area contributed by atoms with Crippen molar-refractivity contribution in [1.29, 1.82) is 0 Å². The second-order valence-electron chi connectivity index (χ2n) is 4.08. The first kappa shape index (κ1) is 10.6. The molecule has 0 aromatic carbocycles. The lowest BCUT2D eigenvalue weighted by Gasteiger charge is -2.14. The molecule has 5 nitrogen and oxygen atoms in total. The van der Waals surface area contributed by atoms with Gasteiger partial charge in [0.05, 0.1) is 12.6 Å². The van der Waals surface area contributed by atoms with Gasteiger partial charge in [-0.25, -0.2) is 9.67 Å². The van der Waals surface area contributed by atoms with E-state index >= 15 is 0 Å². The Morgan fingerprint density at radius 2 is 2.47 bits per heavy atom. The molecule has 0 saturated carbocycles. The fourth-order valence-corrected chi connectivity index (χ4v) is 1.96. The largest absolute Gasteiger partial charge is 0.392 e. The van der Waals surface area contributed by atoms with Gasteiger partial charge in [0.2, 0.25) is 0 Å². The van der Waals surface area contributed by atoms with Gasteiger partial charge in [-0.15, -0.1) is 0 Å². The number of aliphatic hydroxyl groups is 1. The van der Waals surface area contributed by atoms with Crippen molar-refractivity contribution in [2.24, 2.45) is 0 Å². The van der Waals surface area contributed by atoms with Crippen LogP contribution in [0, 0.1) is 0 Å². The molecule has 1 atom stereocenters. The van der Waals surface area contributed by atoms with Crippen molar-refractivity contribution in [2.45, 2.75) is 39.0 Å². The zero-order valence-electron chi connectivity index (χ0n) is 9.13. The number of aliphatic hydroxyl groups excluding tert-OH is 1. The van der Waals surface area contributed by atoms with Crippen LogP contribution < -0.4 is 0 Å². The first-order chi connectivity index (χ1) is 7.29. The number of aryl methyl sites for hydroxylation is 1. The maximum absolute atomic E-state index is 9.42. The molecule has 2 rings (SSSR count). The summed E-state index contributed by atoms with van der Waals surface area (Å²) in [5.74, 6) is 1.01. The Morgan fingerprint density at radius 1 is 1.60 bits per heavy atom. The van der Waals surface area contributed by atoms with Crippen LogP contribution in [-0.2, 0) is 13.1 Å².